The van der Waals surface area contributed by atoms with Gasteiger partial charge in [0.25, 0.3) is 17.7 Å². The van der Waals surface area contributed by atoms with Crippen molar-refractivity contribution in [1.29, 1.82) is 0 Å². The molecule has 1 saturated heterocycles. The molecule has 9 heteroatoms. The van der Waals surface area contributed by atoms with E-state index in [0.29, 0.717) is 23.4 Å². The number of halogens is 1. The highest BCUT2D eigenvalue weighted by Crippen LogP contribution is 2.30. The van der Waals surface area contributed by atoms with Gasteiger partial charge in [-0.3, -0.25) is 14.4 Å². The minimum Gasteiger partial charge on any atom is -0.462 e. The average Bonchev–Trinajstić information content (AvgIpc) is 3.12. The molecular weight excluding hydrogens is 482 g/mol. The van der Waals surface area contributed by atoms with Gasteiger partial charge in [-0.2, -0.15) is 0 Å². The number of imide groups is 1. The number of ether oxygens (including phenoxy) is 1. The van der Waals surface area contributed by atoms with Crippen LogP contribution in [0.3, 0.4) is 0 Å². The number of likely N-dealkylation sites (tertiary alicyclic amines) is 1. The second kappa shape index (κ2) is 11.4. The molecule has 0 aromatic heterocycles. The molecular formula is C27H28ClN3O5. The highest BCUT2D eigenvalue weighted by molar-refractivity contribution is 6.53. The predicted molar refractivity (Wildman–Crippen MR) is 137 cm³/mol. The number of hydrogen-bond acceptors (Lipinski definition) is 6. The van der Waals surface area contributed by atoms with Gasteiger partial charge in [0, 0.05) is 24.3 Å². The van der Waals surface area contributed by atoms with Gasteiger partial charge < -0.3 is 15.0 Å². The van der Waals surface area contributed by atoms with Gasteiger partial charge in [0.2, 0.25) is 0 Å². The van der Waals surface area contributed by atoms with Crippen LogP contribution in [0.5, 0.6) is 0 Å². The number of rotatable bonds is 8. The molecule has 0 radical (unpaired) electrons. The van der Waals surface area contributed by atoms with Crippen LogP contribution in [-0.2, 0) is 14.3 Å². The van der Waals surface area contributed by atoms with Crippen LogP contribution in [0.25, 0.3) is 0 Å². The van der Waals surface area contributed by atoms with E-state index < -0.39 is 17.8 Å². The zero-order valence-electron chi connectivity index (χ0n) is 20.1. The number of amides is 3. The standard InChI is InChI=1S/C27H28ClN3O5/c1-2-3-17-36-27(35)19-9-13-21(14-10-19)31-25(33)22(28)23(26(31)34)29-20-11-7-18(8-12-20)24(32)30-15-5-4-6-16-30/h7-14,29H,2-6,15-17H2,1H3. The third kappa shape index (κ3) is 5.44. The van der Waals surface area contributed by atoms with E-state index >= 15 is 0 Å². The number of carbonyl (C=O) groups excluding carboxylic acids is 4. The van der Waals surface area contributed by atoms with Crippen molar-refractivity contribution in [2.75, 3.05) is 29.9 Å². The summed E-state index contributed by atoms with van der Waals surface area (Å²) in [6, 6.07) is 12.7. The van der Waals surface area contributed by atoms with Crippen molar-refractivity contribution in [3.63, 3.8) is 0 Å². The first-order chi connectivity index (χ1) is 17.4. The molecule has 2 aromatic carbocycles. The van der Waals surface area contributed by atoms with Gasteiger partial charge in [-0.25, -0.2) is 9.69 Å². The van der Waals surface area contributed by atoms with E-state index in [1.807, 2.05) is 11.8 Å². The minimum atomic E-state index is -0.667. The monoisotopic (exact) mass is 509 g/mol. The predicted octanol–water partition coefficient (Wildman–Crippen LogP) is 4.71. The third-order valence-electron chi connectivity index (χ3n) is 6.16. The second-order valence-corrected chi connectivity index (χ2v) is 9.10. The fourth-order valence-corrected chi connectivity index (χ4v) is 4.32. The summed E-state index contributed by atoms with van der Waals surface area (Å²) in [6.07, 6.45) is 4.85. The van der Waals surface area contributed by atoms with Crippen molar-refractivity contribution >= 4 is 46.7 Å². The number of piperidine rings is 1. The summed E-state index contributed by atoms with van der Waals surface area (Å²) >= 11 is 6.22. The maximum atomic E-state index is 13.1. The van der Waals surface area contributed by atoms with Crippen LogP contribution < -0.4 is 10.2 Å². The molecule has 188 valence electrons. The summed E-state index contributed by atoms with van der Waals surface area (Å²) in [5.41, 5.74) is 1.63. The molecule has 8 nitrogen and oxygen atoms in total. The van der Waals surface area contributed by atoms with Crippen LogP contribution in [-0.4, -0.2) is 48.3 Å². The Labute approximate surface area is 214 Å². The smallest absolute Gasteiger partial charge is 0.338 e. The number of benzene rings is 2. The molecule has 0 spiro atoms. The third-order valence-corrected chi connectivity index (χ3v) is 6.51. The Balaban J connectivity index is 1.43. The maximum absolute atomic E-state index is 13.1. The van der Waals surface area contributed by atoms with Gasteiger partial charge in [0.15, 0.2) is 0 Å². The maximum Gasteiger partial charge on any atom is 0.338 e. The summed E-state index contributed by atoms with van der Waals surface area (Å²) in [7, 11) is 0. The lowest BCUT2D eigenvalue weighted by Crippen LogP contribution is -2.35. The van der Waals surface area contributed by atoms with Crippen molar-refractivity contribution < 1.29 is 23.9 Å². The van der Waals surface area contributed by atoms with Gasteiger partial charge in [-0.1, -0.05) is 24.9 Å². The molecule has 3 amide bonds. The number of hydrogen-bond donors (Lipinski definition) is 1. The number of nitrogens with zero attached hydrogens (tertiary/aromatic N) is 2. The van der Waals surface area contributed by atoms with E-state index in [2.05, 4.69) is 5.32 Å². The van der Waals surface area contributed by atoms with Gasteiger partial charge in [-0.15, -0.1) is 0 Å². The lowest BCUT2D eigenvalue weighted by molar-refractivity contribution is -0.120. The minimum absolute atomic E-state index is 0.0190. The summed E-state index contributed by atoms with van der Waals surface area (Å²) in [4.78, 5) is 53.4. The Kier molecular flexibility index (Phi) is 8.05. The molecule has 2 aliphatic rings. The Morgan fingerprint density at radius 1 is 0.917 bits per heavy atom. The van der Waals surface area contributed by atoms with Crippen molar-refractivity contribution in [1.82, 2.24) is 4.90 Å². The summed E-state index contributed by atoms with van der Waals surface area (Å²) in [5.74, 6) is -1.76. The van der Waals surface area contributed by atoms with E-state index in [0.717, 1.165) is 50.1 Å². The molecule has 0 saturated carbocycles. The lowest BCUT2D eigenvalue weighted by atomic mass is 10.1. The normalized spacial score (nSPS) is 15.9. The molecule has 1 fully saturated rings. The summed E-state index contributed by atoms with van der Waals surface area (Å²) < 4.78 is 5.18. The number of carbonyl (C=O) groups is 4. The Bertz CT molecular complexity index is 1180. The van der Waals surface area contributed by atoms with Crippen molar-refractivity contribution in [2.45, 2.75) is 39.0 Å². The van der Waals surface area contributed by atoms with Gasteiger partial charge in [-0.05, 0) is 74.2 Å². The van der Waals surface area contributed by atoms with Crippen LogP contribution in [0.2, 0.25) is 0 Å². The van der Waals surface area contributed by atoms with E-state index in [-0.39, 0.29) is 22.3 Å². The molecule has 0 bridgehead atoms. The largest absolute Gasteiger partial charge is 0.462 e. The van der Waals surface area contributed by atoms with E-state index in [4.69, 9.17) is 16.3 Å². The van der Waals surface area contributed by atoms with Crippen molar-refractivity contribution in [3.8, 4) is 0 Å². The molecule has 4 rings (SSSR count). The number of anilines is 2. The Morgan fingerprint density at radius 3 is 2.19 bits per heavy atom. The van der Waals surface area contributed by atoms with Gasteiger partial charge in [0.05, 0.1) is 17.9 Å². The molecule has 2 aromatic rings. The fraction of sp³-hybridized carbons (Fsp3) is 0.333. The van der Waals surface area contributed by atoms with E-state index in [1.165, 1.54) is 24.3 Å². The Hall–Kier alpha value is -3.65. The van der Waals surface area contributed by atoms with Crippen LogP contribution in [0, 0.1) is 0 Å². The zero-order chi connectivity index (χ0) is 25.7. The topological polar surface area (TPSA) is 96.0 Å². The van der Waals surface area contributed by atoms with Crippen LogP contribution in [0.1, 0.15) is 59.7 Å². The molecule has 2 heterocycles. The van der Waals surface area contributed by atoms with E-state index in [1.54, 1.807) is 24.3 Å². The molecule has 36 heavy (non-hydrogen) atoms. The first-order valence-electron chi connectivity index (χ1n) is 12.1. The highest BCUT2D eigenvalue weighted by atomic mass is 35.5. The molecule has 0 aliphatic carbocycles. The SMILES string of the molecule is CCCCOC(=O)c1ccc(N2C(=O)C(Cl)=C(Nc3ccc(C(=O)N4CCCCC4)cc3)C2=O)cc1. The number of unbranched alkanes of at least 4 members (excludes halogenated alkanes) is 1. The molecule has 1 N–H and O–H groups in total. The van der Waals surface area contributed by atoms with Crippen LogP contribution in [0.15, 0.2) is 59.3 Å². The van der Waals surface area contributed by atoms with Gasteiger partial charge in [0.1, 0.15) is 10.7 Å². The molecule has 0 atom stereocenters. The van der Waals surface area contributed by atoms with Crippen molar-refractivity contribution in [3.05, 3.63) is 70.4 Å². The lowest BCUT2D eigenvalue weighted by Gasteiger charge is -2.26. The second-order valence-electron chi connectivity index (χ2n) is 8.73. The first-order valence-corrected chi connectivity index (χ1v) is 12.5. The van der Waals surface area contributed by atoms with E-state index in [9.17, 15) is 19.2 Å². The summed E-state index contributed by atoms with van der Waals surface area (Å²) in [6.45, 7) is 3.85. The van der Waals surface area contributed by atoms with Crippen LogP contribution in [0.4, 0.5) is 11.4 Å². The summed E-state index contributed by atoms with van der Waals surface area (Å²) in [5, 5.41) is 2.67. The molecule has 0 unspecified atom stereocenters. The zero-order valence-corrected chi connectivity index (χ0v) is 20.8. The first kappa shape index (κ1) is 25.4. The quantitative estimate of drug-likeness (QED) is 0.314. The fourth-order valence-electron chi connectivity index (χ4n) is 4.11. The average molecular weight is 510 g/mol. The number of esters is 1. The van der Waals surface area contributed by atoms with Crippen LogP contribution >= 0.6 is 11.6 Å². The highest BCUT2D eigenvalue weighted by Gasteiger charge is 2.39. The Morgan fingerprint density at radius 2 is 1.56 bits per heavy atom. The number of nitrogens with one attached hydrogen (secondary N) is 1. The molecule has 2 aliphatic heterocycles. The van der Waals surface area contributed by atoms with Gasteiger partial charge >= 0.3 is 5.97 Å². The van der Waals surface area contributed by atoms with Crippen molar-refractivity contribution in [2.24, 2.45) is 0 Å².